The first-order valence-corrected chi connectivity index (χ1v) is 5.81. The van der Waals surface area contributed by atoms with Gasteiger partial charge in [-0.05, 0) is 38.5 Å². The van der Waals surface area contributed by atoms with Gasteiger partial charge in [0.2, 0.25) is 0 Å². The fourth-order valence-electron chi connectivity index (χ4n) is 1.34. The van der Waals surface area contributed by atoms with Gasteiger partial charge in [-0.25, -0.2) is 0 Å². The Kier molecular flexibility index (Phi) is 4.54. The molecule has 0 bridgehead atoms. The molecule has 0 saturated heterocycles. The lowest BCUT2D eigenvalue weighted by Crippen LogP contribution is -2.24. The second-order valence-corrected chi connectivity index (χ2v) is 5.29. The third-order valence-electron chi connectivity index (χ3n) is 2.03. The van der Waals surface area contributed by atoms with E-state index >= 15 is 0 Å². The fraction of sp³-hybridized carbons (Fsp3) is 0.462. The summed E-state index contributed by atoms with van der Waals surface area (Å²) in [7, 11) is 0. The number of rotatable bonds is 3. The van der Waals surface area contributed by atoms with Gasteiger partial charge in [0, 0.05) is 5.02 Å². The number of aliphatic hydroxyl groups excluding tert-OH is 1. The van der Waals surface area contributed by atoms with E-state index in [9.17, 15) is 9.90 Å². The molecular weight excluding hydrogens is 240 g/mol. The Balaban J connectivity index is 2.57. The van der Waals surface area contributed by atoms with Crippen molar-refractivity contribution in [2.45, 2.75) is 38.9 Å². The van der Waals surface area contributed by atoms with Crippen LogP contribution in [0.1, 0.15) is 38.9 Å². The Morgan fingerprint density at radius 3 is 2.35 bits per heavy atom. The van der Waals surface area contributed by atoms with Crippen LogP contribution < -0.4 is 0 Å². The first kappa shape index (κ1) is 14.0. The molecule has 0 heterocycles. The summed E-state index contributed by atoms with van der Waals surface area (Å²) in [5, 5.41) is 10.4. The van der Waals surface area contributed by atoms with E-state index in [0.29, 0.717) is 10.6 Å². The van der Waals surface area contributed by atoms with E-state index in [1.807, 2.05) is 0 Å². The number of aliphatic hydroxyl groups is 1. The molecule has 0 spiro atoms. The molecule has 0 saturated carbocycles. The maximum atomic E-state index is 11.5. The highest BCUT2D eigenvalue weighted by atomic mass is 35.5. The van der Waals surface area contributed by atoms with Gasteiger partial charge in [-0.2, -0.15) is 0 Å². The quantitative estimate of drug-likeness (QED) is 0.846. The van der Waals surface area contributed by atoms with Gasteiger partial charge >= 0.3 is 5.97 Å². The smallest absolute Gasteiger partial charge is 0.309 e. The molecule has 1 N–H and O–H groups in total. The second-order valence-electron chi connectivity index (χ2n) is 4.86. The molecule has 0 amide bonds. The molecule has 3 nitrogen and oxygen atoms in total. The van der Waals surface area contributed by atoms with Crippen LogP contribution >= 0.6 is 11.6 Å². The Labute approximate surface area is 106 Å². The Bertz CT molecular complexity index is 379. The maximum Gasteiger partial charge on any atom is 0.309 e. The molecule has 1 atom stereocenters. The highest BCUT2D eigenvalue weighted by molar-refractivity contribution is 6.30. The molecule has 0 aromatic heterocycles. The van der Waals surface area contributed by atoms with Crippen LogP contribution in [0.5, 0.6) is 0 Å². The SMILES string of the molecule is CC(C)(C)OC(=O)C[C@@H](O)c1ccc(Cl)cc1. The minimum Gasteiger partial charge on any atom is -0.460 e. The minimum absolute atomic E-state index is 0.0566. The third kappa shape index (κ3) is 5.20. The molecule has 0 radical (unpaired) electrons. The molecule has 94 valence electrons. The van der Waals surface area contributed by atoms with Gasteiger partial charge in [0.25, 0.3) is 0 Å². The van der Waals surface area contributed by atoms with Crippen LogP contribution in [-0.2, 0) is 9.53 Å². The predicted octanol–water partition coefficient (Wildman–Crippen LogP) is 3.11. The summed E-state index contributed by atoms with van der Waals surface area (Å²) in [6.07, 6.45) is -0.916. The van der Waals surface area contributed by atoms with Gasteiger partial charge in [-0.1, -0.05) is 23.7 Å². The van der Waals surface area contributed by atoms with Crippen molar-refractivity contribution in [1.29, 1.82) is 0 Å². The van der Waals surface area contributed by atoms with Crippen molar-refractivity contribution < 1.29 is 14.6 Å². The molecule has 17 heavy (non-hydrogen) atoms. The van der Waals surface area contributed by atoms with Crippen LogP contribution in [0.4, 0.5) is 0 Å². The molecule has 1 rings (SSSR count). The van der Waals surface area contributed by atoms with Crippen molar-refractivity contribution in [3.8, 4) is 0 Å². The topological polar surface area (TPSA) is 46.5 Å². The van der Waals surface area contributed by atoms with Gasteiger partial charge in [0.1, 0.15) is 5.60 Å². The van der Waals surface area contributed by atoms with Crippen molar-refractivity contribution in [3.63, 3.8) is 0 Å². The molecule has 1 aromatic rings. The van der Waals surface area contributed by atoms with Gasteiger partial charge in [0.15, 0.2) is 0 Å². The predicted molar refractivity (Wildman–Crippen MR) is 66.9 cm³/mol. The van der Waals surface area contributed by atoms with Crippen molar-refractivity contribution in [2.24, 2.45) is 0 Å². The first-order chi connectivity index (χ1) is 7.78. The van der Waals surface area contributed by atoms with Crippen LogP contribution in [0.2, 0.25) is 5.02 Å². The van der Waals surface area contributed by atoms with Gasteiger partial charge in [0.05, 0.1) is 12.5 Å². The summed E-state index contributed by atoms with van der Waals surface area (Å²) < 4.78 is 5.13. The van der Waals surface area contributed by atoms with Crippen molar-refractivity contribution in [3.05, 3.63) is 34.9 Å². The Morgan fingerprint density at radius 2 is 1.88 bits per heavy atom. The van der Waals surface area contributed by atoms with E-state index in [0.717, 1.165) is 0 Å². The lowest BCUT2D eigenvalue weighted by Gasteiger charge is -2.20. The summed E-state index contributed by atoms with van der Waals surface area (Å²) in [5.74, 6) is -0.417. The average molecular weight is 257 g/mol. The Morgan fingerprint density at radius 1 is 1.35 bits per heavy atom. The zero-order valence-electron chi connectivity index (χ0n) is 10.2. The molecule has 4 heteroatoms. The molecule has 0 aliphatic carbocycles. The number of ether oxygens (including phenoxy) is 1. The Hall–Kier alpha value is -1.06. The van der Waals surface area contributed by atoms with E-state index in [2.05, 4.69) is 0 Å². The number of carbonyl (C=O) groups excluding carboxylic acids is 1. The van der Waals surface area contributed by atoms with E-state index in [1.54, 1.807) is 45.0 Å². The van der Waals surface area contributed by atoms with Gasteiger partial charge in [-0.15, -0.1) is 0 Å². The molecule has 0 unspecified atom stereocenters. The van der Waals surface area contributed by atoms with Crippen LogP contribution in [0.3, 0.4) is 0 Å². The summed E-state index contributed by atoms with van der Waals surface area (Å²) in [5.41, 5.74) is 0.122. The standard InChI is InChI=1S/C13H17ClO3/c1-13(2,3)17-12(16)8-11(15)9-4-6-10(14)7-5-9/h4-7,11,15H,8H2,1-3H3/t11-/m1/s1. The third-order valence-corrected chi connectivity index (χ3v) is 2.29. The highest BCUT2D eigenvalue weighted by Gasteiger charge is 2.20. The molecule has 0 aliphatic rings. The van der Waals surface area contributed by atoms with E-state index < -0.39 is 17.7 Å². The van der Waals surface area contributed by atoms with Gasteiger partial charge < -0.3 is 9.84 Å². The van der Waals surface area contributed by atoms with Crippen LogP contribution in [-0.4, -0.2) is 16.7 Å². The summed E-state index contributed by atoms with van der Waals surface area (Å²) >= 11 is 5.74. The molecular formula is C13H17ClO3. The molecule has 0 fully saturated rings. The van der Waals surface area contributed by atoms with Crippen LogP contribution in [0.25, 0.3) is 0 Å². The lowest BCUT2D eigenvalue weighted by atomic mass is 10.1. The zero-order chi connectivity index (χ0) is 13.1. The van der Waals surface area contributed by atoms with Crippen molar-refractivity contribution >= 4 is 17.6 Å². The second kappa shape index (κ2) is 5.52. The fourth-order valence-corrected chi connectivity index (χ4v) is 1.47. The number of hydrogen-bond donors (Lipinski definition) is 1. The number of hydrogen-bond acceptors (Lipinski definition) is 3. The van der Waals surface area contributed by atoms with E-state index in [1.165, 1.54) is 0 Å². The van der Waals surface area contributed by atoms with Crippen LogP contribution in [0.15, 0.2) is 24.3 Å². The number of esters is 1. The summed E-state index contributed by atoms with van der Waals surface area (Å²) in [6.45, 7) is 5.37. The van der Waals surface area contributed by atoms with Crippen molar-refractivity contribution in [1.82, 2.24) is 0 Å². The number of benzene rings is 1. The number of carbonyl (C=O) groups is 1. The zero-order valence-corrected chi connectivity index (χ0v) is 11.0. The average Bonchev–Trinajstić information content (AvgIpc) is 2.15. The minimum atomic E-state index is -0.859. The van der Waals surface area contributed by atoms with Crippen LogP contribution in [0, 0.1) is 0 Å². The highest BCUT2D eigenvalue weighted by Crippen LogP contribution is 2.20. The summed E-state index contributed by atoms with van der Waals surface area (Å²) in [4.78, 5) is 11.5. The van der Waals surface area contributed by atoms with E-state index in [-0.39, 0.29) is 6.42 Å². The first-order valence-electron chi connectivity index (χ1n) is 5.43. The van der Waals surface area contributed by atoms with E-state index in [4.69, 9.17) is 16.3 Å². The molecule has 1 aromatic carbocycles. The lowest BCUT2D eigenvalue weighted by molar-refractivity contribution is -0.157. The normalized spacial score (nSPS) is 13.2. The monoisotopic (exact) mass is 256 g/mol. The largest absolute Gasteiger partial charge is 0.460 e. The van der Waals surface area contributed by atoms with Crippen molar-refractivity contribution in [2.75, 3.05) is 0 Å². The molecule has 0 aliphatic heterocycles. The maximum absolute atomic E-state index is 11.5. The van der Waals surface area contributed by atoms with Gasteiger partial charge in [-0.3, -0.25) is 4.79 Å². The summed E-state index contributed by atoms with van der Waals surface area (Å²) in [6, 6.07) is 6.74. The number of halogens is 1.